The minimum Gasteiger partial charge on any atom is -0.465 e. The Morgan fingerprint density at radius 2 is 2.05 bits per heavy atom. The van der Waals surface area contributed by atoms with Crippen LogP contribution in [0.15, 0.2) is 18.2 Å². The van der Waals surface area contributed by atoms with Crippen LogP contribution in [-0.2, 0) is 19.7 Å². The van der Waals surface area contributed by atoms with E-state index in [1.807, 2.05) is 13.8 Å². The smallest absolute Gasteiger partial charge is 0.316 e. The van der Waals surface area contributed by atoms with E-state index in [-0.39, 0.29) is 5.97 Å². The highest BCUT2D eigenvalue weighted by Crippen LogP contribution is 2.32. The zero-order valence-corrected chi connectivity index (χ0v) is 12.6. The SMILES string of the molecule is CCCC(C)(C(=O)OCC)c1ccc(NC=O)c(C=O)c1. The third-order valence-electron chi connectivity index (χ3n) is 3.51. The van der Waals surface area contributed by atoms with Gasteiger partial charge in [-0.25, -0.2) is 0 Å². The normalized spacial score (nSPS) is 13.1. The Kier molecular flexibility index (Phi) is 6.09. The first kappa shape index (κ1) is 16.9. The second-order valence-electron chi connectivity index (χ2n) is 4.98. The van der Waals surface area contributed by atoms with E-state index in [1.54, 1.807) is 25.1 Å². The van der Waals surface area contributed by atoms with Crippen LogP contribution in [0, 0.1) is 0 Å². The highest BCUT2D eigenvalue weighted by atomic mass is 16.5. The number of rotatable bonds is 8. The van der Waals surface area contributed by atoms with Crippen LogP contribution in [0.3, 0.4) is 0 Å². The number of carbonyl (C=O) groups excluding carboxylic acids is 3. The number of ether oxygens (including phenoxy) is 1. The maximum absolute atomic E-state index is 12.3. The number of anilines is 1. The maximum Gasteiger partial charge on any atom is 0.316 e. The van der Waals surface area contributed by atoms with E-state index in [9.17, 15) is 14.4 Å². The molecule has 1 N–H and O–H groups in total. The highest BCUT2D eigenvalue weighted by Gasteiger charge is 2.36. The maximum atomic E-state index is 12.3. The van der Waals surface area contributed by atoms with Crippen LogP contribution in [-0.4, -0.2) is 25.3 Å². The van der Waals surface area contributed by atoms with Crippen molar-refractivity contribution in [3.8, 4) is 0 Å². The molecule has 0 saturated carbocycles. The first-order valence-electron chi connectivity index (χ1n) is 7.00. The molecule has 0 fully saturated rings. The molecule has 0 aliphatic heterocycles. The summed E-state index contributed by atoms with van der Waals surface area (Å²) in [5, 5.41) is 2.46. The van der Waals surface area contributed by atoms with Gasteiger partial charge in [-0.3, -0.25) is 14.4 Å². The molecule has 0 spiro atoms. The first-order chi connectivity index (χ1) is 10.0. The fourth-order valence-corrected chi connectivity index (χ4v) is 2.35. The molecule has 0 saturated heterocycles. The fourth-order valence-electron chi connectivity index (χ4n) is 2.35. The summed E-state index contributed by atoms with van der Waals surface area (Å²) in [7, 11) is 0. The summed E-state index contributed by atoms with van der Waals surface area (Å²) in [6.07, 6.45) is 2.59. The summed E-state index contributed by atoms with van der Waals surface area (Å²) in [5.41, 5.74) is 0.668. The number of hydrogen-bond acceptors (Lipinski definition) is 4. The van der Waals surface area contributed by atoms with Crippen molar-refractivity contribution in [2.24, 2.45) is 0 Å². The van der Waals surface area contributed by atoms with Gasteiger partial charge in [0.2, 0.25) is 6.41 Å². The number of nitrogens with one attached hydrogen (secondary N) is 1. The number of carbonyl (C=O) groups is 3. The zero-order valence-electron chi connectivity index (χ0n) is 12.6. The van der Waals surface area contributed by atoms with E-state index in [4.69, 9.17) is 4.74 Å². The van der Waals surface area contributed by atoms with Crippen molar-refractivity contribution in [1.29, 1.82) is 0 Å². The van der Waals surface area contributed by atoms with Crippen molar-refractivity contribution in [1.82, 2.24) is 0 Å². The summed E-state index contributed by atoms with van der Waals surface area (Å²) in [6, 6.07) is 5.00. The number of hydrogen-bond donors (Lipinski definition) is 1. The van der Waals surface area contributed by atoms with E-state index in [1.165, 1.54) is 0 Å². The van der Waals surface area contributed by atoms with Gasteiger partial charge in [0.05, 0.1) is 17.7 Å². The molecule has 1 rings (SSSR count). The van der Waals surface area contributed by atoms with Crippen LogP contribution in [0.25, 0.3) is 0 Å². The van der Waals surface area contributed by atoms with Crippen LogP contribution in [0.2, 0.25) is 0 Å². The molecule has 1 amide bonds. The Morgan fingerprint density at radius 3 is 2.57 bits per heavy atom. The monoisotopic (exact) mass is 291 g/mol. The highest BCUT2D eigenvalue weighted by molar-refractivity contribution is 5.90. The van der Waals surface area contributed by atoms with Gasteiger partial charge in [0.15, 0.2) is 6.29 Å². The predicted octanol–water partition coefficient (Wildman–Crippen LogP) is 2.69. The van der Waals surface area contributed by atoms with Gasteiger partial charge in [0, 0.05) is 5.56 Å². The number of amides is 1. The summed E-state index contributed by atoms with van der Waals surface area (Å²) in [5.74, 6) is -0.306. The van der Waals surface area contributed by atoms with Crippen molar-refractivity contribution in [3.63, 3.8) is 0 Å². The van der Waals surface area contributed by atoms with Crippen LogP contribution in [0.5, 0.6) is 0 Å². The number of esters is 1. The van der Waals surface area contributed by atoms with E-state index < -0.39 is 5.41 Å². The average Bonchev–Trinajstić information content (AvgIpc) is 2.48. The standard InChI is InChI=1S/C16H21NO4/c1-4-8-16(3,15(20)21-5-2)13-6-7-14(17-11-19)12(9-13)10-18/h6-7,9-11H,4-5,8H2,1-3H3,(H,17,19). The number of aldehydes is 1. The van der Waals surface area contributed by atoms with Crippen molar-refractivity contribution in [3.05, 3.63) is 29.3 Å². The van der Waals surface area contributed by atoms with Gasteiger partial charge < -0.3 is 10.1 Å². The number of benzene rings is 1. The molecule has 1 atom stereocenters. The molecule has 1 unspecified atom stereocenters. The minimum atomic E-state index is -0.803. The van der Waals surface area contributed by atoms with Gasteiger partial charge in [-0.15, -0.1) is 0 Å². The molecule has 114 valence electrons. The molecule has 1 aromatic rings. The van der Waals surface area contributed by atoms with Gasteiger partial charge in [-0.2, -0.15) is 0 Å². The fraction of sp³-hybridized carbons (Fsp3) is 0.438. The van der Waals surface area contributed by atoms with Crippen LogP contribution >= 0.6 is 0 Å². The molecule has 0 aromatic heterocycles. The second-order valence-corrected chi connectivity index (χ2v) is 4.98. The molecule has 0 aliphatic rings. The molecule has 0 radical (unpaired) electrons. The van der Waals surface area contributed by atoms with Gasteiger partial charge in [0.25, 0.3) is 0 Å². The molecule has 21 heavy (non-hydrogen) atoms. The lowest BCUT2D eigenvalue weighted by molar-refractivity contribution is -0.149. The lowest BCUT2D eigenvalue weighted by Crippen LogP contribution is -2.34. The summed E-state index contributed by atoms with van der Waals surface area (Å²) < 4.78 is 5.17. The molecule has 0 heterocycles. The van der Waals surface area contributed by atoms with E-state index >= 15 is 0 Å². The topological polar surface area (TPSA) is 72.5 Å². The minimum absolute atomic E-state index is 0.306. The molecule has 0 bridgehead atoms. The third-order valence-corrected chi connectivity index (χ3v) is 3.51. The Balaban J connectivity index is 3.28. The van der Waals surface area contributed by atoms with E-state index in [0.29, 0.717) is 42.5 Å². The quantitative estimate of drug-likeness (QED) is 0.590. The molecular formula is C16H21NO4. The van der Waals surface area contributed by atoms with Crippen molar-refractivity contribution in [2.45, 2.75) is 39.0 Å². The Labute approximate surface area is 124 Å². The van der Waals surface area contributed by atoms with Crippen LogP contribution in [0.1, 0.15) is 49.5 Å². The van der Waals surface area contributed by atoms with E-state index in [0.717, 1.165) is 6.42 Å². The second kappa shape index (κ2) is 7.57. The molecule has 1 aromatic carbocycles. The first-order valence-corrected chi connectivity index (χ1v) is 7.00. The summed E-state index contributed by atoms with van der Waals surface area (Å²) in [4.78, 5) is 34.0. The largest absolute Gasteiger partial charge is 0.465 e. The lowest BCUT2D eigenvalue weighted by atomic mass is 9.78. The lowest BCUT2D eigenvalue weighted by Gasteiger charge is -2.28. The van der Waals surface area contributed by atoms with Crippen molar-refractivity contribution in [2.75, 3.05) is 11.9 Å². The molecule has 5 nitrogen and oxygen atoms in total. The molecule has 5 heteroatoms. The third kappa shape index (κ3) is 3.68. The average molecular weight is 291 g/mol. The van der Waals surface area contributed by atoms with Gasteiger partial charge in [-0.1, -0.05) is 19.4 Å². The zero-order chi connectivity index (χ0) is 15.9. The van der Waals surface area contributed by atoms with Gasteiger partial charge >= 0.3 is 5.97 Å². The van der Waals surface area contributed by atoms with Crippen molar-refractivity contribution < 1.29 is 19.1 Å². The molecular weight excluding hydrogens is 270 g/mol. The van der Waals surface area contributed by atoms with E-state index in [2.05, 4.69) is 5.32 Å². The van der Waals surface area contributed by atoms with Crippen molar-refractivity contribution >= 4 is 24.4 Å². The molecule has 0 aliphatic carbocycles. The van der Waals surface area contributed by atoms with Crippen LogP contribution < -0.4 is 5.32 Å². The predicted molar refractivity (Wildman–Crippen MR) is 80.4 cm³/mol. The van der Waals surface area contributed by atoms with Crippen LogP contribution in [0.4, 0.5) is 5.69 Å². The Hall–Kier alpha value is -2.17. The van der Waals surface area contributed by atoms with Gasteiger partial charge in [0.1, 0.15) is 0 Å². The Bertz CT molecular complexity index is 527. The Morgan fingerprint density at radius 1 is 1.33 bits per heavy atom. The summed E-state index contributed by atoms with van der Waals surface area (Å²) in [6.45, 7) is 5.87. The van der Waals surface area contributed by atoms with Gasteiger partial charge in [-0.05, 0) is 38.0 Å². The summed E-state index contributed by atoms with van der Waals surface area (Å²) >= 11 is 0.